The van der Waals surface area contributed by atoms with Crippen molar-refractivity contribution < 1.29 is 8.42 Å². The van der Waals surface area contributed by atoms with E-state index in [-0.39, 0.29) is 0 Å². The van der Waals surface area contributed by atoms with E-state index in [1.165, 1.54) is 24.8 Å². The molecule has 3 N–H and O–H groups in total. The molecule has 0 unspecified atom stereocenters. The summed E-state index contributed by atoms with van der Waals surface area (Å²) in [5, 5.41) is 0. The second kappa shape index (κ2) is 5.65. The summed E-state index contributed by atoms with van der Waals surface area (Å²) in [6.45, 7) is 2.56. The van der Waals surface area contributed by atoms with E-state index in [1.54, 1.807) is 0 Å². The van der Waals surface area contributed by atoms with Crippen LogP contribution in [0.15, 0.2) is 0 Å². The van der Waals surface area contributed by atoms with E-state index in [0.717, 1.165) is 31.6 Å². The maximum Gasteiger partial charge on any atom is 0.279 e. The largest absolute Gasteiger partial charge is 0.329 e. The normalized spacial score (nSPS) is 30.8. The molecule has 0 atom stereocenters. The maximum atomic E-state index is 11.9. The lowest BCUT2D eigenvalue weighted by atomic mass is 9.76. The van der Waals surface area contributed by atoms with Gasteiger partial charge in [-0.15, -0.1) is 0 Å². The molecule has 1 aliphatic rings. The monoisotopic (exact) mass is 263 g/mol. The fraction of sp³-hybridized carbons (Fsp3) is 1.00. The molecule has 0 aromatic rings. The summed E-state index contributed by atoms with van der Waals surface area (Å²) in [7, 11) is -0.325. The zero-order valence-corrected chi connectivity index (χ0v) is 11.9. The van der Waals surface area contributed by atoms with Crippen LogP contribution in [0, 0.1) is 5.92 Å². The Hall–Kier alpha value is -0.170. The molecular formula is C11H25N3O2S. The van der Waals surface area contributed by atoms with Crippen molar-refractivity contribution in [2.45, 2.75) is 44.6 Å². The highest BCUT2D eigenvalue weighted by molar-refractivity contribution is 7.87. The molecule has 1 saturated carbocycles. The van der Waals surface area contributed by atoms with Gasteiger partial charge in [0.05, 0.1) is 0 Å². The number of nitrogens with two attached hydrogens (primary N) is 1. The van der Waals surface area contributed by atoms with Gasteiger partial charge in [0.2, 0.25) is 0 Å². The van der Waals surface area contributed by atoms with E-state index in [4.69, 9.17) is 5.73 Å². The van der Waals surface area contributed by atoms with E-state index in [2.05, 4.69) is 11.6 Å². The van der Waals surface area contributed by atoms with Crippen LogP contribution >= 0.6 is 0 Å². The Morgan fingerprint density at radius 2 is 1.88 bits per heavy atom. The van der Waals surface area contributed by atoms with Gasteiger partial charge in [0, 0.05) is 26.2 Å². The fourth-order valence-corrected chi connectivity index (χ4v) is 3.37. The second-order valence-electron chi connectivity index (χ2n) is 5.23. The Morgan fingerprint density at radius 1 is 1.35 bits per heavy atom. The van der Waals surface area contributed by atoms with E-state index in [1.807, 2.05) is 0 Å². The Balaban J connectivity index is 2.72. The third kappa shape index (κ3) is 3.64. The van der Waals surface area contributed by atoms with Crippen LogP contribution < -0.4 is 10.5 Å². The first-order valence-corrected chi connectivity index (χ1v) is 7.71. The molecule has 0 aromatic heterocycles. The predicted octanol–water partition coefficient (Wildman–Crippen LogP) is 0.680. The number of hydrogen-bond acceptors (Lipinski definition) is 3. The first kappa shape index (κ1) is 14.9. The summed E-state index contributed by atoms with van der Waals surface area (Å²) in [5.74, 6) is 0.721. The third-order valence-corrected chi connectivity index (χ3v) is 5.51. The molecule has 5 nitrogen and oxygen atoms in total. The zero-order valence-electron chi connectivity index (χ0n) is 11.1. The molecule has 1 fully saturated rings. The highest BCUT2D eigenvalue weighted by atomic mass is 32.2. The van der Waals surface area contributed by atoms with Crippen LogP contribution in [0.4, 0.5) is 0 Å². The smallest absolute Gasteiger partial charge is 0.279 e. The van der Waals surface area contributed by atoms with Crippen LogP contribution in [-0.2, 0) is 10.2 Å². The Bertz CT molecular complexity index is 333. The van der Waals surface area contributed by atoms with E-state index < -0.39 is 15.7 Å². The van der Waals surface area contributed by atoms with Crippen molar-refractivity contribution in [2.75, 3.05) is 20.6 Å². The molecule has 0 spiro atoms. The van der Waals surface area contributed by atoms with Crippen molar-refractivity contribution in [3.05, 3.63) is 0 Å². The lowest BCUT2D eigenvalue weighted by Crippen LogP contribution is -2.57. The lowest BCUT2D eigenvalue weighted by molar-refractivity contribution is 0.215. The third-order valence-electron chi connectivity index (χ3n) is 3.86. The van der Waals surface area contributed by atoms with Gasteiger partial charge in [0.25, 0.3) is 10.2 Å². The minimum absolute atomic E-state index is 0.372. The molecule has 102 valence electrons. The summed E-state index contributed by atoms with van der Waals surface area (Å²) < 4.78 is 27.7. The van der Waals surface area contributed by atoms with Crippen molar-refractivity contribution in [1.82, 2.24) is 9.03 Å². The van der Waals surface area contributed by atoms with Gasteiger partial charge in [-0.3, -0.25) is 0 Å². The minimum atomic E-state index is -3.39. The van der Waals surface area contributed by atoms with Crippen LogP contribution in [0.25, 0.3) is 0 Å². The van der Waals surface area contributed by atoms with E-state index in [0.29, 0.717) is 6.54 Å². The number of nitrogens with one attached hydrogen (secondary N) is 1. The molecule has 1 aliphatic carbocycles. The molecule has 0 saturated heterocycles. The average Bonchev–Trinajstić information content (AvgIpc) is 2.29. The van der Waals surface area contributed by atoms with E-state index >= 15 is 0 Å². The Labute approximate surface area is 105 Å². The predicted molar refractivity (Wildman–Crippen MR) is 69.8 cm³/mol. The van der Waals surface area contributed by atoms with Crippen LogP contribution in [0.1, 0.15) is 39.0 Å². The first-order valence-electron chi connectivity index (χ1n) is 6.27. The fourth-order valence-electron chi connectivity index (χ4n) is 2.35. The molecule has 0 heterocycles. The summed E-state index contributed by atoms with van der Waals surface area (Å²) in [6.07, 6.45) is 4.97. The standard InChI is InChI=1S/C11H25N3O2S/c1-4-10-5-7-11(9-12,8-6-10)13-17(15,16)14(2)3/h10,13H,4-9,12H2,1-3H3. The highest BCUT2D eigenvalue weighted by Gasteiger charge is 2.37. The number of hydrogen-bond donors (Lipinski definition) is 2. The molecule has 1 rings (SSSR count). The van der Waals surface area contributed by atoms with Gasteiger partial charge in [0.15, 0.2) is 0 Å². The zero-order chi connectivity index (χ0) is 13.1. The quantitative estimate of drug-likeness (QED) is 0.766. The van der Waals surface area contributed by atoms with Crippen molar-refractivity contribution in [2.24, 2.45) is 11.7 Å². The van der Waals surface area contributed by atoms with Gasteiger partial charge in [-0.25, -0.2) is 0 Å². The van der Waals surface area contributed by atoms with Gasteiger partial charge in [-0.05, 0) is 31.6 Å². The SMILES string of the molecule is CCC1CCC(CN)(NS(=O)(=O)N(C)C)CC1. The van der Waals surface area contributed by atoms with Gasteiger partial charge >= 0.3 is 0 Å². The van der Waals surface area contributed by atoms with Gasteiger partial charge < -0.3 is 5.73 Å². The number of rotatable bonds is 5. The van der Waals surface area contributed by atoms with Gasteiger partial charge in [-0.1, -0.05) is 13.3 Å². The summed E-state index contributed by atoms with van der Waals surface area (Å²) in [4.78, 5) is 0. The molecular weight excluding hydrogens is 238 g/mol. The molecule has 0 amide bonds. The summed E-state index contributed by atoms with van der Waals surface area (Å²) in [5.41, 5.74) is 5.35. The highest BCUT2D eigenvalue weighted by Crippen LogP contribution is 2.33. The summed E-state index contributed by atoms with van der Waals surface area (Å²) >= 11 is 0. The van der Waals surface area contributed by atoms with Crippen LogP contribution in [0.5, 0.6) is 0 Å². The van der Waals surface area contributed by atoms with Crippen LogP contribution in [-0.4, -0.2) is 38.9 Å². The molecule has 0 bridgehead atoms. The van der Waals surface area contributed by atoms with Crippen LogP contribution in [0.3, 0.4) is 0 Å². The van der Waals surface area contributed by atoms with Gasteiger partial charge in [-0.2, -0.15) is 17.4 Å². The molecule has 17 heavy (non-hydrogen) atoms. The van der Waals surface area contributed by atoms with Crippen molar-refractivity contribution >= 4 is 10.2 Å². The maximum absolute atomic E-state index is 11.9. The van der Waals surface area contributed by atoms with Crippen molar-refractivity contribution in [3.8, 4) is 0 Å². The van der Waals surface area contributed by atoms with Crippen molar-refractivity contribution in [3.63, 3.8) is 0 Å². The second-order valence-corrected chi connectivity index (χ2v) is 7.11. The molecule has 0 aromatic carbocycles. The molecule has 0 radical (unpaired) electrons. The van der Waals surface area contributed by atoms with Crippen LogP contribution in [0.2, 0.25) is 0 Å². The van der Waals surface area contributed by atoms with E-state index in [9.17, 15) is 8.42 Å². The lowest BCUT2D eigenvalue weighted by Gasteiger charge is -2.40. The Kier molecular flexibility index (Phi) is 4.95. The van der Waals surface area contributed by atoms with Gasteiger partial charge in [0.1, 0.15) is 0 Å². The molecule has 6 heteroatoms. The number of nitrogens with zero attached hydrogens (tertiary/aromatic N) is 1. The molecule has 0 aliphatic heterocycles. The first-order chi connectivity index (χ1) is 7.85. The summed E-state index contributed by atoms with van der Waals surface area (Å²) in [6, 6.07) is 0. The average molecular weight is 263 g/mol. The topological polar surface area (TPSA) is 75.4 Å². The Morgan fingerprint density at radius 3 is 2.24 bits per heavy atom. The minimum Gasteiger partial charge on any atom is -0.329 e. The van der Waals surface area contributed by atoms with Crippen molar-refractivity contribution in [1.29, 1.82) is 0 Å².